The average molecular weight is 361 g/mol. The van der Waals surface area contributed by atoms with Crippen molar-refractivity contribution in [2.24, 2.45) is 11.7 Å². The molecule has 1 atom stereocenters. The highest BCUT2D eigenvalue weighted by Crippen LogP contribution is 2.33. The Hall–Kier alpha value is -2.06. The van der Waals surface area contributed by atoms with E-state index in [2.05, 4.69) is 10.4 Å². The summed E-state index contributed by atoms with van der Waals surface area (Å²) < 4.78 is 41.0. The van der Waals surface area contributed by atoms with Crippen LogP contribution in [-0.4, -0.2) is 28.8 Å². The highest BCUT2D eigenvalue weighted by molar-refractivity contribution is 6.30. The first-order chi connectivity index (χ1) is 11.2. The Kier molecular flexibility index (Phi) is 5.51. The fourth-order valence-electron chi connectivity index (χ4n) is 2.01. The summed E-state index contributed by atoms with van der Waals surface area (Å²) in [6, 6.07) is 5.67. The minimum absolute atomic E-state index is 0.0467. The van der Waals surface area contributed by atoms with Crippen molar-refractivity contribution in [3.05, 3.63) is 46.7 Å². The summed E-state index contributed by atoms with van der Waals surface area (Å²) in [7, 11) is 0. The number of nitrogens with one attached hydrogen (secondary N) is 1. The van der Waals surface area contributed by atoms with Crippen LogP contribution in [-0.2, 0) is 6.18 Å². The number of hydrogen-bond donors (Lipinski definition) is 2. The van der Waals surface area contributed by atoms with E-state index in [9.17, 15) is 18.0 Å². The van der Waals surface area contributed by atoms with E-state index in [0.717, 1.165) is 6.20 Å². The lowest BCUT2D eigenvalue weighted by atomic mass is 10.1. The molecule has 0 spiro atoms. The number of alkyl halides is 3. The Bertz CT molecular complexity index is 712. The van der Waals surface area contributed by atoms with Crippen molar-refractivity contribution in [3.8, 4) is 5.69 Å². The molecule has 1 unspecified atom stereocenters. The fourth-order valence-corrected chi connectivity index (χ4v) is 2.14. The Balaban J connectivity index is 2.39. The lowest BCUT2D eigenvalue weighted by Gasteiger charge is -2.14. The molecular weight excluding hydrogens is 345 g/mol. The van der Waals surface area contributed by atoms with Gasteiger partial charge in [0.25, 0.3) is 5.91 Å². The third kappa shape index (κ3) is 4.07. The minimum atomic E-state index is -4.75. The predicted octanol–water partition coefficient (Wildman–Crippen LogP) is 2.87. The van der Waals surface area contributed by atoms with E-state index in [1.54, 1.807) is 6.92 Å². The number of carbonyl (C=O) groups excluding carboxylic acids is 1. The van der Waals surface area contributed by atoms with Crippen molar-refractivity contribution in [2.45, 2.75) is 13.1 Å². The second kappa shape index (κ2) is 7.23. The molecule has 5 nitrogen and oxygen atoms in total. The maximum absolute atomic E-state index is 13.4. The molecule has 0 radical (unpaired) electrons. The number of nitrogens with zero attached hydrogens (tertiary/aromatic N) is 2. The third-order valence-corrected chi connectivity index (χ3v) is 3.62. The van der Waals surface area contributed by atoms with Crippen LogP contribution in [0.2, 0.25) is 5.02 Å². The number of benzene rings is 1. The molecule has 0 aliphatic heterocycles. The van der Waals surface area contributed by atoms with Crippen molar-refractivity contribution < 1.29 is 18.0 Å². The summed E-state index contributed by atoms with van der Waals surface area (Å²) >= 11 is 5.74. The molecule has 3 N–H and O–H groups in total. The minimum Gasteiger partial charge on any atom is -0.352 e. The van der Waals surface area contributed by atoms with Crippen LogP contribution < -0.4 is 11.1 Å². The average Bonchev–Trinajstić information content (AvgIpc) is 2.98. The van der Waals surface area contributed by atoms with Gasteiger partial charge in [0.1, 0.15) is 0 Å². The molecule has 0 fully saturated rings. The normalized spacial score (nSPS) is 12.9. The van der Waals surface area contributed by atoms with Gasteiger partial charge in [0, 0.05) is 11.6 Å². The predicted molar refractivity (Wildman–Crippen MR) is 84.1 cm³/mol. The number of carbonyl (C=O) groups is 1. The van der Waals surface area contributed by atoms with Gasteiger partial charge in [-0.05, 0) is 36.7 Å². The van der Waals surface area contributed by atoms with Gasteiger partial charge in [-0.1, -0.05) is 18.5 Å². The summed E-state index contributed by atoms with van der Waals surface area (Å²) in [6.45, 7) is 2.28. The Morgan fingerprint density at radius 3 is 2.54 bits per heavy atom. The van der Waals surface area contributed by atoms with E-state index in [1.165, 1.54) is 24.3 Å². The van der Waals surface area contributed by atoms with Gasteiger partial charge in [-0.3, -0.25) is 4.79 Å². The topological polar surface area (TPSA) is 72.9 Å². The molecule has 1 amide bonds. The SMILES string of the molecule is CC(CN)CNC(=O)c1cnn(-c2ccc(Cl)cc2)c1C(F)(F)F. The summed E-state index contributed by atoms with van der Waals surface area (Å²) in [5, 5.41) is 6.54. The molecule has 2 rings (SSSR count). The second-order valence-corrected chi connectivity index (χ2v) is 5.78. The van der Waals surface area contributed by atoms with Crippen LogP contribution in [0.25, 0.3) is 5.69 Å². The first-order valence-electron chi connectivity index (χ1n) is 7.13. The van der Waals surface area contributed by atoms with Crippen molar-refractivity contribution in [1.29, 1.82) is 0 Å². The molecule has 1 aromatic heterocycles. The van der Waals surface area contributed by atoms with Gasteiger partial charge < -0.3 is 11.1 Å². The zero-order valence-corrected chi connectivity index (χ0v) is 13.5. The van der Waals surface area contributed by atoms with Gasteiger partial charge in [-0.25, -0.2) is 4.68 Å². The van der Waals surface area contributed by atoms with E-state index in [-0.39, 0.29) is 18.2 Å². The molecule has 9 heteroatoms. The van der Waals surface area contributed by atoms with Crippen LogP contribution in [0, 0.1) is 5.92 Å². The molecule has 130 valence electrons. The fraction of sp³-hybridized carbons (Fsp3) is 0.333. The first-order valence-corrected chi connectivity index (χ1v) is 7.51. The Labute approximate surface area is 141 Å². The number of amides is 1. The smallest absolute Gasteiger partial charge is 0.352 e. The molecule has 24 heavy (non-hydrogen) atoms. The maximum atomic E-state index is 13.4. The molecule has 0 saturated heterocycles. The standard InChI is InChI=1S/C15H16ClF3N4O/c1-9(6-20)7-21-14(24)12-8-22-23(13(12)15(17,18)19)11-4-2-10(16)3-5-11/h2-5,8-9H,6-7,20H2,1H3,(H,21,24). The van der Waals surface area contributed by atoms with E-state index < -0.39 is 23.3 Å². The van der Waals surface area contributed by atoms with Crippen LogP contribution in [0.15, 0.2) is 30.5 Å². The highest BCUT2D eigenvalue weighted by Gasteiger charge is 2.40. The van der Waals surface area contributed by atoms with Crippen molar-refractivity contribution >= 4 is 17.5 Å². The number of hydrogen-bond acceptors (Lipinski definition) is 3. The van der Waals surface area contributed by atoms with E-state index in [4.69, 9.17) is 17.3 Å². The van der Waals surface area contributed by atoms with Gasteiger partial charge in [0.05, 0.1) is 17.4 Å². The molecule has 2 aromatic rings. The van der Waals surface area contributed by atoms with E-state index >= 15 is 0 Å². The molecule has 0 aliphatic rings. The van der Waals surface area contributed by atoms with Crippen LogP contribution >= 0.6 is 11.6 Å². The quantitative estimate of drug-likeness (QED) is 0.861. The van der Waals surface area contributed by atoms with Gasteiger partial charge in [-0.15, -0.1) is 0 Å². The van der Waals surface area contributed by atoms with Crippen molar-refractivity contribution in [1.82, 2.24) is 15.1 Å². The van der Waals surface area contributed by atoms with E-state index in [0.29, 0.717) is 16.2 Å². The van der Waals surface area contributed by atoms with E-state index in [1.807, 2.05) is 0 Å². The number of halogens is 4. The highest BCUT2D eigenvalue weighted by atomic mass is 35.5. The lowest BCUT2D eigenvalue weighted by molar-refractivity contribution is -0.143. The van der Waals surface area contributed by atoms with Crippen molar-refractivity contribution in [3.63, 3.8) is 0 Å². The van der Waals surface area contributed by atoms with Crippen LogP contribution in [0.5, 0.6) is 0 Å². The number of nitrogens with two attached hydrogens (primary N) is 1. The van der Waals surface area contributed by atoms with Crippen LogP contribution in [0.1, 0.15) is 23.0 Å². The van der Waals surface area contributed by atoms with Crippen LogP contribution in [0.3, 0.4) is 0 Å². The van der Waals surface area contributed by atoms with Gasteiger partial charge in [0.15, 0.2) is 5.69 Å². The van der Waals surface area contributed by atoms with Crippen molar-refractivity contribution in [2.75, 3.05) is 13.1 Å². The Morgan fingerprint density at radius 1 is 1.38 bits per heavy atom. The largest absolute Gasteiger partial charge is 0.434 e. The molecule has 0 bridgehead atoms. The molecule has 0 aliphatic carbocycles. The zero-order valence-electron chi connectivity index (χ0n) is 12.8. The monoisotopic (exact) mass is 360 g/mol. The number of rotatable bonds is 5. The van der Waals surface area contributed by atoms with Crippen LogP contribution in [0.4, 0.5) is 13.2 Å². The second-order valence-electron chi connectivity index (χ2n) is 5.34. The molecule has 1 aromatic carbocycles. The summed E-state index contributed by atoms with van der Waals surface area (Å²) in [5.41, 5.74) is 3.91. The summed E-state index contributed by atoms with van der Waals surface area (Å²) in [6.07, 6.45) is -3.85. The molecule has 1 heterocycles. The Morgan fingerprint density at radius 2 is 2.00 bits per heavy atom. The molecular formula is C15H16ClF3N4O. The van der Waals surface area contributed by atoms with Gasteiger partial charge in [-0.2, -0.15) is 18.3 Å². The molecule has 0 saturated carbocycles. The van der Waals surface area contributed by atoms with Gasteiger partial charge >= 0.3 is 6.18 Å². The summed E-state index contributed by atoms with van der Waals surface area (Å²) in [5.74, 6) is -0.891. The first kappa shape index (κ1) is 18.3. The maximum Gasteiger partial charge on any atom is 0.434 e. The van der Waals surface area contributed by atoms with Gasteiger partial charge in [0.2, 0.25) is 0 Å². The zero-order chi connectivity index (χ0) is 17.9. The summed E-state index contributed by atoms with van der Waals surface area (Å²) in [4.78, 5) is 12.1. The third-order valence-electron chi connectivity index (χ3n) is 3.37. The lowest BCUT2D eigenvalue weighted by Crippen LogP contribution is -2.32. The number of aromatic nitrogens is 2.